The Morgan fingerprint density at radius 2 is 2.10 bits per heavy atom. The molecule has 1 N–H and O–H groups in total. The average molecular weight is 276 g/mol. The lowest BCUT2D eigenvalue weighted by atomic mass is 9.99. The summed E-state index contributed by atoms with van der Waals surface area (Å²) in [5, 5.41) is 3.47. The van der Waals surface area contributed by atoms with Crippen molar-refractivity contribution in [1.29, 1.82) is 0 Å². The van der Waals surface area contributed by atoms with Crippen LogP contribution in [0.2, 0.25) is 0 Å². The van der Waals surface area contributed by atoms with Crippen molar-refractivity contribution in [2.45, 2.75) is 45.4 Å². The van der Waals surface area contributed by atoms with Crippen LogP contribution in [0.1, 0.15) is 37.9 Å². The minimum Gasteiger partial charge on any atom is -0.370 e. The van der Waals surface area contributed by atoms with Gasteiger partial charge in [-0.2, -0.15) is 0 Å². The first-order valence-corrected chi connectivity index (χ1v) is 7.54. The van der Waals surface area contributed by atoms with E-state index in [4.69, 9.17) is 4.74 Å². The van der Waals surface area contributed by atoms with Crippen molar-refractivity contribution in [3.63, 3.8) is 0 Å². The summed E-state index contributed by atoms with van der Waals surface area (Å²) in [5.74, 6) is 0. The van der Waals surface area contributed by atoms with Crippen molar-refractivity contribution in [3.05, 3.63) is 35.4 Å². The molecule has 0 aliphatic carbocycles. The van der Waals surface area contributed by atoms with Crippen molar-refractivity contribution < 1.29 is 4.74 Å². The fourth-order valence-electron chi connectivity index (χ4n) is 3.31. The molecule has 1 aromatic carbocycles. The monoisotopic (exact) mass is 276 g/mol. The van der Waals surface area contributed by atoms with Crippen LogP contribution in [-0.2, 0) is 4.74 Å². The Kier molecular flexibility index (Phi) is 4.84. The van der Waals surface area contributed by atoms with E-state index in [1.165, 1.54) is 11.1 Å². The van der Waals surface area contributed by atoms with Crippen LogP contribution in [0.5, 0.6) is 0 Å². The van der Waals surface area contributed by atoms with Gasteiger partial charge in [-0.1, -0.05) is 24.3 Å². The van der Waals surface area contributed by atoms with Gasteiger partial charge < -0.3 is 10.1 Å². The molecule has 3 nitrogen and oxygen atoms in total. The maximum absolute atomic E-state index is 5.99. The second-order valence-corrected chi connectivity index (χ2v) is 6.58. The van der Waals surface area contributed by atoms with Gasteiger partial charge in [0.25, 0.3) is 0 Å². The molecule has 1 saturated heterocycles. The SMILES string of the molecule is CNC(CN1CC(C)OC(C)(C)C1)c1ccccc1C. The highest BCUT2D eigenvalue weighted by Gasteiger charge is 2.32. The van der Waals surface area contributed by atoms with Crippen LogP contribution in [0.4, 0.5) is 0 Å². The molecule has 2 rings (SSSR count). The standard InChI is InChI=1S/C17H28N2O/c1-13-8-6-7-9-15(13)16(18-5)11-19-10-14(2)20-17(3,4)12-19/h6-9,14,16,18H,10-12H2,1-5H3. The summed E-state index contributed by atoms with van der Waals surface area (Å²) < 4.78 is 5.99. The van der Waals surface area contributed by atoms with Crippen LogP contribution in [-0.4, -0.2) is 43.3 Å². The van der Waals surface area contributed by atoms with Gasteiger partial charge in [0.05, 0.1) is 11.7 Å². The molecule has 1 fully saturated rings. The number of rotatable bonds is 4. The Hall–Kier alpha value is -0.900. The molecule has 3 heteroatoms. The van der Waals surface area contributed by atoms with E-state index < -0.39 is 0 Å². The zero-order valence-electron chi connectivity index (χ0n) is 13.4. The second-order valence-electron chi connectivity index (χ2n) is 6.58. The molecule has 112 valence electrons. The minimum absolute atomic E-state index is 0.0539. The molecule has 0 bridgehead atoms. The first-order chi connectivity index (χ1) is 9.41. The third kappa shape index (κ3) is 3.81. The molecule has 1 aliphatic heterocycles. The van der Waals surface area contributed by atoms with Crippen LogP contribution in [0.25, 0.3) is 0 Å². The summed E-state index contributed by atoms with van der Waals surface area (Å²) in [7, 11) is 2.05. The zero-order valence-corrected chi connectivity index (χ0v) is 13.4. The van der Waals surface area contributed by atoms with E-state index in [1.54, 1.807) is 0 Å². The van der Waals surface area contributed by atoms with Crippen molar-refractivity contribution >= 4 is 0 Å². The highest BCUT2D eigenvalue weighted by molar-refractivity contribution is 5.29. The molecule has 2 unspecified atom stereocenters. The van der Waals surface area contributed by atoms with Crippen LogP contribution in [0.15, 0.2) is 24.3 Å². The lowest BCUT2D eigenvalue weighted by Gasteiger charge is -2.43. The molecule has 2 atom stereocenters. The summed E-state index contributed by atoms with van der Waals surface area (Å²) in [6.45, 7) is 11.7. The fraction of sp³-hybridized carbons (Fsp3) is 0.647. The van der Waals surface area contributed by atoms with E-state index >= 15 is 0 Å². The quantitative estimate of drug-likeness (QED) is 0.915. The Bertz CT molecular complexity index is 444. The topological polar surface area (TPSA) is 24.5 Å². The summed E-state index contributed by atoms with van der Waals surface area (Å²) in [4.78, 5) is 2.52. The van der Waals surface area contributed by atoms with E-state index in [0.717, 1.165) is 19.6 Å². The third-order valence-electron chi connectivity index (χ3n) is 3.99. The van der Waals surface area contributed by atoms with E-state index in [1.807, 2.05) is 7.05 Å². The molecule has 0 amide bonds. The average Bonchev–Trinajstić information content (AvgIpc) is 2.34. The molecule has 0 aromatic heterocycles. The largest absolute Gasteiger partial charge is 0.370 e. The smallest absolute Gasteiger partial charge is 0.0757 e. The van der Waals surface area contributed by atoms with Crippen LogP contribution < -0.4 is 5.32 Å². The molecule has 1 heterocycles. The van der Waals surface area contributed by atoms with Gasteiger partial charge in [0.15, 0.2) is 0 Å². The summed E-state index contributed by atoms with van der Waals surface area (Å²) >= 11 is 0. The normalized spacial score (nSPS) is 24.6. The third-order valence-corrected chi connectivity index (χ3v) is 3.99. The van der Waals surface area contributed by atoms with Crippen molar-refractivity contribution in [2.75, 3.05) is 26.7 Å². The zero-order chi connectivity index (χ0) is 14.8. The molecule has 20 heavy (non-hydrogen) atoms. The molecule has 1 aromatic rings. The Morgan fingerprint density at radius 3 is 2.70 bits per heavy atom. The van der Waals surface area contributed by atoms with Gasteiger partial charge in [-0.3, -0.25) is 4.90 Å². The summed E-state index contributed by atoms with van der Waals surface area (Å²) in [6.07, 6.45) is 0.299. The van der Waals surface area contributed by atoms with E-state index in [-0.39, 0.29) is 5.60 Å². The van der Waals surface area contributed by atoms with Gasteiger partial charge in [-0.15, -0.1) is 0 Å². The maximum atomic E-state index is 5.99. The number of ether oxygens (including phenoxy) is 1. The van der Waals surface area contributed by atoms with Crippen LogP contribution in [0.3, 0.4) is 0 Å². The Morgan fingerprint density at radius 1 is 1.40 bits per heavy atom. The van der Waals surface area contributed by atoms with E-state index in [2.05, 4.69) is 62.2 Å². The van der Waals surface area contributed by atoms with Gasteiger partial charge >= 0.3 is 0 Å². The number of morpholine rings is 1. The van der Waals surface area contributed by atoms with Gasteiger partial charge in [0.1, 0.15) is 0 Å². The number of aryl methyl sites for hydroxylation is 1. The predicted octanol–water partition coefficient (Wildman–Crippen LogP) is 2.75. The number of hydrogen-bond acceptors (Lipinski definition) is 3. The predicted molar refractivity (Wildman–Crippen MR) is 84.0 cm³/mol. The molecular formula is C17H28N2O. The van der Waals surface area contributed by atoms with Crippen molar-refractivity contribution in [1.82, 2.24) is 10.2 Å². The minimum atomic E-state index is -0.0539. The number of likely N-dealkylation sites (N-methyl/N-ethyl adjacent to an activating group) is 1. The van der Waals surface area contributed by atoms with E-state index in [9.17, 15) is 0 Å². The van der Waals surface area contributed by atoms with Gasteiger partial charge in [-0.05, 0) is 45.9 Å². The van der Waals surface area contributed by atoms with Gasteiger partial charge in [0, 0.05) is 25.7 Å². The number of nitrogens with zero attached hydrogens (tertiary/aromatic N) is 1. The van der Waals surface area contributed by atoms with Crippen molar-refractivity contribution in [3.8, 4) is 0 Å². The first kappa shape index (κ1) is 15.5. The fourth-order valence-corrected chi connectivity index (χ4v) is 3.31. The molecule has 0 saturated carbocycles. The van der Waals surface area contributed by atoms with Crippen molar-refractivity contribution in [2.24, 2.45) is 0 Å². The second kappa shape index (κ2) is 6.25. The van der Waals surface area contributed by atoms with Crippen LogP contribution >= 0.6 is 0 Å². The Labute approximate surface area is 123 Å². The highest BCUT2D eigenvalue weighted by atomic mass is 16.5. The van der Waals surface area contributed by atoms with Gasteiger partial charge in [-0.25, -0.2) is 0 Å². The maximum Gasteiger partial charge on any atom is 0.0757 e. The van der Waals surface area contributed by atoms with E-state index in [0.29, 0.717) is 12.1 Å². The lowest BCUT2D eigenvalue weighted by molar-refractivity contribution is -0.129. The molecular weight excluding hydrogens is 248 g/mol. The number of hydrogen-bond donors (Lipinski definition) is 1. The lowest BCUT2D eigenvalue weighted by Crippen LogP contribution is -2.53. The van der Waals surface area contributed by atoms with Crippen LogP contribution in [0, 0.1) is 6.92 Å². The molecule has 1 aliphatic rings. The summed E-state index contributed by atoms with van der Waals surface area (Å²) in [5.41, 5.74) is 2.70. The molecule has 0 spiro atoms. The first-order valence-electron chi connectivity index (χ1n) is 7.54. The molecule has 0 radical (unpaired) electrons. The summed E-state index contributed by atoms with van der Waals surface area (Å²) in [6, 6.07) is 9.01. The van der Waals surface area contributed by atoms with Gasteiger partial charge in [0.2, 0.25) is 0 Å². The number of nitrogens with one attached hydrogen (secondary N) is 1. The Balaban J connectivity index is 2.09. The highest BCUT2D eigenvalue weighted by Crippen LogP contribution is 2.24. The number of benzene rings is 1.